The van der Waals surface area contributed by atoms with Crippen LogP contribution in [0.5, 0.6) is 0 Å². The van der Waals surface area contributed by atoms with Crippen molar-refractivity contribution < 1.29 is 32.2 Å². The number of hydrogen-bond donors (Lipinski definition) is 0. The number of alkyl halides is 3. The Morgan fingerprint density at radius 3 is 2.62 bits per heavy atom. The van der Waals surface area contributed by atoms with E-state index in [2.05, 4.69) is 14.2 Å². The second-order valence-corrected chi connectivity index (χ2v) is 2.10. The van der Waals surface area contributed by atoms with Crippen molar-refractivity contribution >= 4 is 5.97 Å². The van der Waals surface area contributed by atoms with Crippen LogP contribution >= 0.6 is 0 Å². The highest BCUT2D eigenvalue weighted by Gasteiger charge is 2.47. The van der Waals surface area contributed by atoms with Gasteiger partial charge in [0.25, 0.3) is 0 Å². The summed E-state index contributed by atoms with van der Waals surface area (Å²) in [4.78, 5) is 10.6. The highest BCUT2D eigenvalue weighted by Crippen LogP contribution is 2.29. The van der Waals surface area contributed by atoms with Crippen molar-refractivity contribution in [3.63, 3.8) is 0 Å². The first kappa shape index (κ1) is 9.69. The molecule has 1 unspecified atom stereocenters. The number of methoxy groups -OCH3 is 1. The van der Waals surface area contributed by atoms with E-state index in [9.17, 15) is 18.0 Å². The van der Waals surface area contributed by atoms with Crippen LogP contribution in [0.3, 0.4) is 0 Å². The van der Waals surface area contributed by atoms with Crippen LogP contribution in [-0.4, -0.2) is 25.5 Å². The molecule has 7 heteroatoms. The third-order valence-electron chi connectivity index (χ3n) is 1.19. The number of carbonyl (C=O) groups excluding carboxylic acids is 1. The topological polar surface area (TPSA) is 44.8 Å². The van der Waals surface area contributed by atoms with Crippen LogP contribution in [0.15, 0.2) is 12.0 Å². The molecule has 1 atom stereocenters. The molecule has 13 heavy (non-hydrogen) atoms. The fourth-order valence-electron chi connectivity index (χ4n) is 0.635. The van der Waals surface area contributed by atoms with Crippen LogP contribution < -0.4 is 0 Å². The second kappa shape index (κ2) is 3.15. The lowest BCUT2D eigenvalue weighted by Crippen LogP contribution is -2.30. The van der Waals surface area contributed by atoms with Crippen molar-refractivity contribution in [2.24, 2.45) is 0 Å². The van der Waals surface area contributed by atoms with Crippen LogP contribution in [-0.2, 0) is 19.0 Å². The molecular weight excluding hydrogens is 193 g/mol. The Morgan fingerprint density at radius 2 is 2.23 bits per heavy atom. The lowest BCUT2D eigenvalue weighted by atomic mass is 10.5. The summed E-state index contributed by atoms with van der Waals surface area (Å²) < 4.78 is 47.9. The molecule has 0 saturated carbocycles. The summed E-state index contributed by atoms with van der Waals surface area (Å²) in [5.74, 6) is -1.60. The minimum absolute atomic E-state index is 0.573. The largest absolute Gasteiger partial charge is 0.464 e. The fraction of sp³-hybridized carbons (Fsp3) is 0.500. The van der Waals surface area contributed by atoms with Crippen molar-refractivity contribution in [3.05, 3.63) is 12.0 Å². The maximum atomic E-state index is 11.9. The van der Waals surface area contributed by atoms with Gasteiger partial charge in [-0.05, 0) is 0 Å². The maximum Gasteiger partial charge on any atom is 0.464 e. The summed E-state index contributed by atoms with van der Waals surface area (Å²) in [6, 6.07) is 0. The zero-order valence-electron chi connectivity index (χ0n) is 6.42. The number of hydrogen-bond acceptors (Lipinski definition) is 4. The van der Waals surface area contributed by atoms with E-state index >= 15 is 0 Å². The maximum absolute atomic E-state index is 11.9. The van der Waals surface area contributed by atoms with Crippen LogP contribution in [0.2, 0.25) is 0 Å². The van der Waals surface area contributed by atoms with Crippen LogP contribution in [0.1, 0.15) is 0 Å². The fourth-order valence-corrected chi connectivity index (χ4v) is 0.635. The van der Waals surface area contributed by atoms with Gasteiger partial charge in [-0.1, -0.05) is 0 Å². The van der Waals surface area contributed by atoms with E-state index in [1.807, 2.05) is 0 Å². The SMILES string of the molecule is COC(=O)C1=COC(C(F)(F)F)O1. The van der Waals surface area contributed by atoms with E-state index in [1.165, 1.54) is 0 Å². The van der Waals surface area contributed by atoms with E-state index in [0.717, 1.165) is 7.11 Å². The summed E-state index contributed by atoms with van der Waals surface area (Å²) in [5, 5.41) is 0. The van der Waals surface area contributed by atoms with Crippen molar-refractivity contribution in [2.75, 3.05) is 7.11 Å². The molecule has 0 aliphatic carbocycles. The number of esters is 1. The van der Waals surface area contributed by atoms with Crippen molar-refractivity contribution in [2.45, 2.75) is 12.5 Å². The minimum atomic E-state index is -4.66. The van der Waals surface area contributed by atoms with Gasteiger partial charge in [0.05, 0.1) is 7.11 Å². The molecule has 74 valence electrons. The van der Waals surface area contributed by atoms with Gasteiger partial charge in [0, 0.05) is 0 Å². The van der Waals surface area contributed by atoms with Gasteiger partial charge in [0.15, 0.2) is 0 Å². The van der Waals surface area contributed by atoms with E-state index in [1.54, 1.807) is 0 Å². The van der Waals surface area contributed by atoms with Crippen LogP contribution in [0, 0.1) is 0 Å². The Labute approximate surface area is 70.9 Å². The number of ether oxygens (including phenoxy) is 3. The van der Waals surface area contributed by atoms with Gasteiger partial charge < -0.3 is 14.2 Å². The first-order valence-electron chi connectivity index (χ1n) is 3.12. The molecule has 1 heterocycles. The molecule has 4 nitrogen and oxygen atoms in total. The van der Waals surface area contributed by atoms with E-state index in [-0.39, 0.29) is 0 Å². The summed E-state index contributed by atoms with van der Waals surface area (Å²) in [7, 11) is 1.02. The molecule has 0 N–H and O–H groups in total. The molecule has 1 aliphatic rings. The van der Waals surface area contributed by atoms with E-state index in [0.29, 0.717) is 6.26 Å². The van der Waals surface area contributed by atoms with Gasteiger partial charge in [-0.2, -0.15) is 13.2 Å². The van der Waals surface area contributed by atoms with E-state index < -0.39 is 24.2 Å². The highest BCUT2D eigenvalue weighted by atomic mass is 19.4. The predicted octanol–water partition coefficient (Wildman–Crippen LogP) is 0.936. The lowest BCUT2D eigenvalue weighted by molar-refractivity contribution is -0.268. The summed E-state index contributed by atoms with van der Waals surface area (Å²) in [6.45, 7) is 0. The van der Waals surface area contributed by atoms with Crippen molar-refractivity contribution in [1.29, 1.82) is 0 Å². The van der Waals surface area contributed by atoms with E-state index in [4.69, 9.17) is 0 Å². The Kier molecular flexibility index (Phi) is 2.35. The van der Waals surface area contributed by atoms with Gasteiger partial charge in [-0.25, -0.2) is 4.79 Å². The Balaban J connectivity index is 2.57. The molecular formula is C6H5F3O4. The monoisotopic (exact) mass is 198 g/mol. The standard InChI is InChI=1S/C6H5F3O4/c1-11-4(10)3-2-12-5(13-3)6(7,8)9/h2,5H,1H3. The van der Waals surface area contributed by atoms with Crippen LogP contribution in [0.4, 0.5) is 13.2 Å². The Morgan fingerprint density at radius 1 is 1.62 bits per heavy atom. The Bertz CT molecular complexity index is 245. The average Bonchev–Trinajstić information content (AvgIpc) is 2.50. The molecule has 1 rings (SSSR count). The lowest BCUT2D eigenvalue weighted by Gasteiger charge is -2.13. The predicted molar refractivity (Wildman–Crippen MR) is 32.1 cm³/mol. The van der Waals surface area contributed by atoms with Gasteiger partial charge in [0.2, 0.25) is 5.76 Å². The summed E-state index contributed by atoms with van der Waals surface area (Å²) >= 11 is 0. The zero-order chi connectivity index (χ0) is 10.1. The molecule has 1 aliphatic heterocycles. The Hall–Kier alpha value is -1.40. The first-order chi connectivity index (χ1) is 5.95. The smallest absolute Gasteiger partial charge is 0.463 e. The molecule has 0 saturated heterocycles. The molecule has 0 amide bonds. The third-order valence-corrected chi connectivity index (χ3v) is 1.19. The third kappa shape index (κ3) is 2.04. The van der Waals surface area contributed by atoms with Gasteiger partial charge in [-0.3, -0.25) is 0 Å². The van der Waals surface area contributed by atoms with Crippen molar-refractivity contribution in [1.82, 2.24) is 0 Å². The van der Waals surface area contributed by atoms with Gasteiger partial charge >= 0.3 is 18.4 Å². The number of rotatable bonds is 1. The minimum Gasteiger partial charge on any atom is -0.463 e. The normalized spacial score (nSPS) is 21.5. The molecule has 0 bridgehead atoms. The molecule has 0 radical (unpaired) electrons. The number of halogens is 3. The molecule has 0 aromatic heterocycles. The van der Waals surface area contributed by atoms with Gasteiger partial charge in [-0.15, -0.1) is 0 Å². The number of carbonyl (C=O) groups is 1. The summed E-state index contributed by atoms with van der Waals surface area (Å²) in [6.07, 6.45) is -6.50. The van der Waals surface area contributed by atoms with Crippen LogP contribution in [0.25, 0.3) is 0 Å². The molecule has 0 fully saturated rings. The summed E-state index contributed by atoms with van der Waals surface area (Å²) in [5.41, 5.74) is 0. The van der Waals surface area contributed by atoms with Crippen molar-refractivity contribution in [3.8, 4) is 0 Å². The zero-order valence-corrected chi connectivity index (χ0v) is 6.42. The quantitative estimate of drug-likeness (QED) is 0.588. The molecule has 0 spiro atoms. The second-order valence-electron chi connectivity index (χ2n) is 2.10. The first-order valence-corrected chi connectivity index (χ1v) is 3.12. The highest BCUT2D eigenvalue weighted by molar-refractivity contribution is 5.86. The molecule has 0 aromatic rings. The molecule has 0 aromatic carbocycles. The van der Waals surface area contributed by atoms with Gasteiger partial charge in [0.1, 0.15) is 6.26 Å². The average molecular weight is 198 g/mol.